The first kappa shape index (κ1) is 21.6. The fourth-order valence-electron chi connectivity index (χ4n) is 3.93. The van der Waals surface area contributed by atoms with Crippen molar-refractivity contribution < 1.29 is 17.9 Å². The number of ether oxygens (including phenoxy) is 1. The average molecular weight is 407 g/mol. The third-order valence-corrected chi connectivity index (χ3v) is 5.66. The lowest BCUT2D eigenvalue weighted by Gasteiger charge is -2.38. The normalized spacial score (nSPS) is 18.4. The van der Waals surface area contributed by atoms with Crippen LogP contribution in [0, 0.1) is 5.92 Å². The standard InChI is InChI=1S/C22H28F3N3O/c1-16(9-12-26)28-14-10-18(11-15-28)21(29-20-4-2-3-13-27-20)17-5-7-19(8-6-17)22(23,24)25/h2-8,13,16,18,21H,9-12,14-15,26H2,1H3. The zero-order valence-electron chi connectivity index (χ0n) is 16.6. The van der Waals surface area contributed by atoms with E-state index in [1.807, 2.05) is 6.07 Å². The number of nitrogens with two attached hydrogens (primary N) is 1. The van der Waals surface area contributed by atoms with E-state index >= 15 is 0 Å². The van der Waals surface area contributed by atoms with Gasteiger partial charge in [0, 0.05) is 24.2 Å². The number of likely N-dealkylation sites (tertiary alicyclic amines) is 1. The van der Waals surface area contributed by atoms with Gasteiger partial charge in [-0.1, -0.05) is 18.2 Å². The molecule has 3 rings (SSSR count). The number of hydrogen-bond acceptors (Lipinski definition) is 4. The maximum Gasteiger partial charge on any atom is 0.416 e. The number of rotatable bonds is 7. The second kappa shape index (κ2) is 9.59. The van der Waals surface area contributed by atoms with E-state index in [-0.39, 0.29) is 12.0 Å². The summed E-state index contributed by atoms with van der Waals surface area (Å²) in [4.78, 5) is 6.66. The van der Waals surface area contributed by atoms with Crippen LogP contribution in [0.1, 0.15) is 43.4 Å². The molecule has 158 valence electrons. The van der Waals surface area contributed by atoms with E-state index in [1.54, 1.807) is 18.3 Å². The molecule has 7 heteroatoms. The van der Waals surface area contributed by atoms with Crippen LogP contribution < -0.4 is 10.5 Å². The Morgan fingerprint density at radius 2 is 1.83 bits per heavy atom. The minimum atomic E-state index is -4.35. The molecule has 0 bridgehead atoms. The van der Waals surface area contributed by atoms with Crippen molar-refractivity contribution in [3.05, 3.63) is 59.8 Å². The van der Waals surface area contributed by atoms with Crippen molar-refractivity contribution in [1.29, 1.82) is 0 Å². The summed E-state index contributed by atoms with van der Waals surface area (Å²) in [5, 5.41) is 0. The molecular weight excluding hydrogens is 379 g/mol. The molecule has 0 amide bonds. The van der Waals surface area contributed by atoms with Crippen molar-refractivity contribution in [3.63, 3.8) is 0 Å². The number of hydrogen-bond donors (Lipinski definition) is 1. The Labute approximate surface area is 169 Å². The summed E-state index contributed by atoms with van der Waals surface area (Å²) in [7, 11) is 0. The summed E-state index contributed by atoms with van der Waals surface area (Å²) in [5.41, 5.74) is 5.78. The second-order valence-corrected chi connectivity index (χ2v) is 7.63. The van der Waals surface area contributed by atoms with E-state index in [4.69, 9.17) is 10.5 Å². The van der Waals surface area contributed by atoms with E-state index in [0.29, 0.717) is 18.5 Å². The lowest BCUT2D eigenvalue weighted by Crippen LogP contribution is -2.42. The summed E-state index contributed by atoms with van der Waals surface area (Å²) in [6.45, 7) is 4.70. The first-order valence-electron chi connectivity index (χ1n) is 10.1. The van der Waals surface area contributed by atoms with Gasteiger partial charge in [0.1, 0.15) is 6.10 Å². The van der Waals surface area contributed by atoms with E-state index in [2.05, 4.69) is 16.8 Å². The van der Waals surface area contributed by atoms with Gasteiger partial charge in [-0.2, -0.15) is 13.2 Å². The van der Waals surface area contributed by atoms with Gasteiger partial charge < -0.3 is 15.4 Å². The van der Waals surface area contributed by atoms with E-state index in [0.717, 1.165) is 50.0 Å². The smallest absolute Gasteiger partial charge is 0.416 e. The molecule has 0 radical (unpaired) electrons. The SMILES string of the molecule is CC(CCN)N1CCC(C(Oc2ccccn2)c2ccc(C(F)(F)F)cc2)CC1. The summed E-state index contributed by atoms with van der Waals surface area (Å²) < 4.78 is 45.0. The summed E-state index contributed by atoms with van der Waals surface area (Å²) in [5.74, 6) is 0.686. The third-order valence-electron chi connectivity index (χ3n) is 5.66. The Morgan fingerprint density at radius 3 is 2.38 bits per heavy atom. The van der Waals surface area contributed by atoms with Crippen LogP contribution in [0.4, 0.5) is 13.2 Å². The van der Waals surface area contributed by atoms with Crippen LogP contribution in [0.2, 0.25) is 0 Å². The van der Waals surface area contributed by atoms with Crippen LogP contribution in [0.5, 0.6) is 5.88 Å². The Hall–Kier alpha value is -2.12. The molecule has 2 unspecified atom stereocenters. The predicted octanol–water partition coefficient (Wildman–Crippen LogP) is 4.67. The number of nitrogens with zero attached hydrogens (tertiary/aromatic N) is 2. The zero-order valence-corrected chi connectivity index (χ0v) is 16.6. The van der Waals surface area contributed by atoms with Crippen LogP contribution in [0.25, 0.3) is 0 Å². The Bertz CT molecular complexity index is 744. The highest BCUT2D eigenvalue weighted by Crippen LogP contribution is 2.36. The second-order valence-electron chi connectivity index (χ2n) is 7.63. The Morgan fingerprint density at radius 1 is 1.14 bits per heavy atom. The summed E-state index contributed by atoms with van der Waals surface area (Å²) >= 11 is 0. The van der Waals surface area contributed by atoms with Crippen LogP contribution in [-0.2, 0) is 6.18 Å². The number of benzene rings is 1. The summed E-state index contributed by atoms with van der Waals surface area (Å²) in [6.07, 6.45) is -0.256. The summed E-state index contributed by atoms with van der Waals surface area (Å²) in [6, 6.07) is 11.2. The molecule has 2 heterocycles. The average Bonchev–Trinajstić information content (AvgIpc) is 2.73. The van der Waals surface area contributed by atoms with Crippen LogP contribution >= 0.6 is 0 Å². The number of halogens is 3. The highest BCUT2D eigenvalue weighted by atomic mass is 19.4. The van der Waals surface area contributed by atoms with Gasteiger partial charge in [-0.05, 0) is 69.6 Å². The largest absolute Gasteiger partial charge is 0.469 e. The van der Waals surface area contributed by atoms with Gasteiger partial charge >= 0.3 is 6.18 Å². The van der Waals surface area contributed by atoms with Gasteiger partial charge in [0.25, 0.3) is 0 Å². The maximum absolute atomic E-state index is 12.9. The topological polar surface area (TPSA) is 51.4 Å². The molecular formula is C22H28F3N3O. The highest BCUT2D eigenvalue weighted by molar-refractivity contribution is 5.27. The number of pyridine rings is 1. The van der Waals surface area contributed by atoms with Crippen molar-refractivity contribution in [1.82, 2.24) is 9.88 Å². The van der Waals surface area contributed by atoms with Crippen molar-refractivity contribution >= 4 is 0 Å². The quantitative estimate of drug-likeness (QED) is 0.725. The molecule has 1 aromatic heterocycles. The van der Waals surface area contributed by atoms with Gasteiger partial charge in [0.05, 0.1) is 5.56 Å². The van der Waals surface area contributed by atoms with E-state index < -0.39 is 11.7 Å². The first-order chi connectivity index (χ1) is 13.9. The van der Waals surface area contributed by atoms with Crippen molar-refractivity contribution in [2.45, 2.75) is 44.5 Å². The molecule has 0 aliphatic carbocycles. The molecule has 1 aliphatic rings. The highest BCUT2D eigenvalue weighted by Gasteiger charge is 2.33. The number of aromatic nitrogens is 1. The molecule has 2 atom stereocenters. The van der Waals surface area contributed by atoms with Gasteiger partial charge in [-0.25, -0.2) is 4.98 Å². The number of piperidine rings is 1. The first-order valence-corrected chi connectivity index (χ1v) is 10.1. The Kier molecular flexibility index (Phi) is 7.14. The van der Waals surface area contributed by atoms with E-state index in [1.165, 1.54) is 12.1 Å². The fraction of sp³-hybridized carbons (Fsp3) is 0.500. The van der Waals surface area contributed by atoms with Gasteiger partial charge in [-0.15, -0.1) is 0 Å². The van der Waals surface area contributed by atoms with Gasteiger partial charge in [0.15, 0.2) is 0 Å². The molecule has 1 aromatic carbocycles. The number of alkyl halides is 3. The monoisotopic (exact) mass is 407 g/mol. The molecule has 2 N–H and O–H groups in total. The minimum Gasteiger partial charge on any atom is -0.469 e. The van der Waals surface area contributed by atoms with Crippen LogP contribution in [0.15, 0.2) is 48.7 Å². The zero-order chi connectivity index (χ0) is 20.9. The van der Waals surface area contributed by atoms with E-state index in [9.17, 15) is 13.2 Å². The minimum absolute atomic E-state index is 0.204. The molecule has 2 aromatic rings. The van der Waals surface area contributed by atoms with Crippen LogP contribution in [-0.4, -0.2) is 35.6 Å². The molecule has 1 fully saturated rings. The van der Waals surface area contributed by atoms with Crippen LogP contribution in [0.3, 0.4) is 0 Å². The third kappa shape index (κ3) is 5.70. The molecule has 29 heavy (non-hydrogen) atoms. The molecule has 1 saturated heterocycles. The molecule has 4 nitrogen and oxygen atoms in total. The molecule has 0 saturated carbocycles. The van der Waals surface area contributed by atoms with Gasteiger partial charge in [-0.3, -0.25) is 0 Å². The van der Waals surface area contributed by atoms with Crippen molar-refractivity contribution in [2.75, 3.05) is 19.6 Å². The molecule has 0 spiro atoms. The van der Waals surface area contributed by atoms with Gasteiger partial charge in [0.2, 0.25) is 5.88 Å². The van der Waals surface area contributed by atoms with Crippen molar-refractivity contribution in [2.24, 2.45) is 11.7 Å². The lowest BCUT2D eigenvalue weighted by molar-refractivity contribution is -0.137. The Balaban J connectivity index is 1.77. The molecule has 1 aliphatic heterocycles. The maximum atomic E-state index is 12.9. The fourth-order valence-corrected chi connectivity index (χ4v) is 3.93. The van der Waals surface area contributed by atoms with Crippen molar-refractivity contribution in [3.8, 4) is 5.88 Å². The lowest BCUT2D eigenvalue weighted by atomic mass is 9.86. The predicted molar refractivity (Wildman–Crippen MR) is 106 cm³/mol.